The van der Waals surface area contributed by atoms with E-state index in [1.165, 1.54) is 0 Å². The second-order valence-corrected chi connectivity index (χ2v) is 5.96. The van der Waals surface area contributed by atoms with Crippen LogP contribution >= 0.6 is 11.6 Å². The van der Waals surface area contributed by atoms with Gasteiger partial charge in [-0.2, -0.15) is 5.26 Å². The SMILES string of the molecule is N#C/C(=C/c1cccc(OCc2ccccc2)c1)c1ccc(Cl)cc1. The third kappa shape index (κ3) is 4.73. The van der Waals surface area contributed by atoms with Gasteiger partial charge in [0.2, 0.25) is 0 Å². The first-order valence-corrected chi connectivity index (χ1v) is 8.27. The van der Waals surface area contributed by atoms with Gasteiger partial charge in [0.05, 0.1) is 11.6 Å². The van der Waals surface area contributed by atoms with Crippen LogP contribution in [0.25, 0.3) is 11.6 Å². The molecular formula is C22H16ClNO. The maximum atomic E-state index is 9.45. The molecule has 0 fully saturated rings. The fourth-order valence-electron chi connectivity index (χ4n) is 2.41. The molecule has 0 atom stereocenters. The number of rotatable bonds is 5. The monoisotopic (exact) mass is 345 g/mol. The van der Waals surface area contributed by atoms with Crippen LogP contribution in [0.4, 0.5) is 0 Å². The molecule has 0 unspecified atom stereocenters. The van der Waals surface area contributed by atoms with Crippen molar-refractivity contribution in [1.82, 2.24) is 0 Å². The van der Waals surface area contributed by atoms with Crippen molar-refractivity contribution >= 4 is 23.3 Å². The van der Waals surface area contributed by atoms with Gasteiger partial charge in [-0.15, -0.1) is 0 Å². The minimum Gasteiger partial charge on any atom is -0.489 e. The normalized spacial score (nSPS) is 11.0. The molecule has 0 spiro atoms. The van der Waals surface area contributed by atoms with Crippen molar-refractivity contribution in [2.24, 2.45) is 0 Å². The molecule has 3 heteroatoms. The molecule has 25 heavy (non-hydrogen) atoms. The van der Waals surface area contributed by atoms with E-state index in [4.69, 9.17) is 16.3 Å². The van der Waals surface area contributed by atoms with Crippen LogP contribution in [0.5, 0.6) is 5.75 Å². The van der Waals surface area contributed by atoms with E-state index in [1.807, 2.05) is 72.8 Å². The summed E-state index contributed by atoms with van der Waals surface area (Å²) < 4.78 is 5.84. The molecule has 0 amide bonds. The Balaban J connectivity index is 1.78. The molecule has 0 bridgehead atoms. The number of allylic oxidation sites excluding steroid dienone is 1. The lowest BCUT2D eigenvalue weighted by Crippen LogP contribution is -1.95. The van der Waals surface area contributed by atoms with Crippen LogP contribution < -0.4 is 4.74 Å². The van der Waals surface area contributed by atoms with Gasteiger partial charge in [-0.1, -0.05) is 66.2 Å². The zero-order valence-corrected chi connectivity index (χ0v) is 14.3. The smallest absolute Gasteiger partial charge is 0.120 e. The van der Waals surface area contributed by atoms with Gasteiger partial charge in [-0.05, 0) is 47.0 Å². The maximum Gasteiger partial charge on any atom is 0.120 e. The van der Waals surface area contributed by atoms with Crippen LogP contribution in [0, 0.1) is 11.3 Å². The van der Waals surface area contributed by atoms with Crippen LogP contribution in [0.2, 0.25) is 5.02 Å². The molecule has 0 saturated heterocycles. The van der Waals surface area contributed by atoms with Crippen molar-refractivity contribution in [3.05, 3.63) is 101 Å². The van der Waals surface area contributed by atoms with Gasteiger partial charge in [-0.25, -0.2) is 0 Å². The zero-order valence-electron chi connectivity index (χ0n) is 13.5. The van der Waals surface area contributed by atoms with Gasteiger partial charge < -0.3 is 4.74 Å². The molecule has 3 aromatic carbocycles. The van der Waals surface area contributed by atoms with E-state index in [2.05, 4.69) is 6.07 Å². The molecule has 3 rings (SSSR count). The Morgan fingerprint density at radius 2 is 1.72 bits per heavy atom. The number of nitriles is 1. The summed E-state index contributed by atoms with van der Waals surface area (Å²) in [7, 11) is 0. The fourth-order valence-corrected chi connectivity index (χ4v) is 2.54. The second-order valence-electron chi connectivity index (χ2n) is 5.52. The van der Waals surface area contributed by atoms with Gasteiger partial charge in [0.1, 0.15) is 12.4 Å². The first-order valence-electron chi connectivity index (χ1n) is 7.89. The Bertz CT molecular complexity index is 909. The number of ether oxygens (including phenoxy) is 1. The molecule has 0 aromatic heterocycles. The highest BCUT2D eigenvalue weighted by Crippen LogP contribution is 2.22. The lowest BCUT2D eigenvalue weighted by Gasteiger charge is -2.07. The predicted octanol–water partition coefficient (Wildman–Crippen LogP) is 5.98. The topological polar surface area (TPSA) is 33.0 Å². The highest BCUT2D eigenvalue weighted by molar-refractivity contribution is 6.30. The van der Waals surface area contributed by atoms with Gasteiger partial charge in [-0.3, -0.25) is 0 Å². The average Bonchev–Trinajstić information content (AvgIpc) is 2.66. The first kappa shape index (κ1) is 16.8. The van der Waals surface area contributed by atoms with Crippen LogP contribution in [-0.2, 0) is 6.61 Å². The third-order valence-electron chi connectivity index (χ3n) is 3.69. The Hall–Kier alpha value is -3.02. The van der Waals surface area contributed by atoms with Gasteiger partial charge >= 0.3 is 0 Å². The second kappa shape index (κ2) is 8.19. The van der Waals surface area contributed by atoms with Crippen molar-refractivity contribution in [2.75, 3.05) is 0 Å². The fraction of sp³-hybridized carbons (Fsp3) is 0.0455. The van der Waals surface area contributed by atoms with Gasteiger partial charge in [0.25, 0.3) is 0 Å². The van der Waals surface area contributed by atoms with E-state index in [9.17, 15) is 5.26 Å². The molecule has 0 aliphatic carbocycles. The largest absolute Gasteiger partial charge is 0.489 e. The lowest BCUT2D eigenvalue weighted by molar-refractivity contribution is 0.306. The van der Waals surface area contributed by atoms with Crippen molar-refractivity contribution in [1.29, 1.82) is 5.26 Å². The summed E-state index contributed by atoms with van der Waals surface area (Å²) in [5, 5.41) is 10.1. The zero-order chi connectivity index (χ0) is 17.5. The van der Waals surface area contributed by atoms with Crippen LogP contribution in [0.1, 0.15) is 16.7 Å². The van der Waals surface area contributed by atoms with Crippen molar-refractivity contribution in [2.45, 2.75) is 6.61 Å². The highest BCUT2D eigenvalue weighted by atomic mass is 35.5. The molecule has 0 heterocycles. The summed E-state index contributed by atoms with van der Waals surface area (Å²) in [5.41, 5.74) is 3.44. The molecule has 2 nitrogen and oxygen atoms in total. The summed E-state index contributed by atoms with van der Waals surface area (Å²) in [6.07, 6.45) is 1.85. The minimum atomic E-state index is 0.510. The standard InChI is InChI=1S/C22H16ClNO/c23-21-11-9-19(10-12-21)20(15-24)13-18-7-4-8-22(14-18)25-16-17-5-2-1-3-6-17/h1-14H,16H2/b20-13-. The first-order chi connectivity index (χ1) is 12.2. The molecule has 3 aromatic rings. The molecule has 0 N–H and O–H groups in total. The predicted molar refractivity (Wildman–Crippen MR) is 102 cm³/mol. The number of hydrogen-bond donors (Lipinski definition) is 0. The summed E-state index contributed by atoms with van der Waals surface area (Å²) in [6, 6.07) is 27.2. The minimum absolute atomic E-state index is 0.510. The van der Waals surface area contributed by atoms with E-state index < -0.39 is 0 Å². The lowest BCUT2D eigenvalue weighted by atomic mass is 10.0. The van der Waals surface area contributed by atoms with E-state index in [1.54, 1.807) is 12.1 Å². The quantitative estimate of drug-likeness (QED) is 0.420. The number of nitrogens with zero attached hydrogens (tertiary/aromatic N) is 1. The summed E-state index contributed by atoms with van der Waals surface area (Å²) in [5.74, 6) is 0.769. The summed E-state index contributed by atoms with van der Waals surface area (Å²) in [6.45, 7) is 0.510. The molecule has 0 saturated carbocycles. The van der Waals surface area contributed by atoms with E-state index in [0.29, 0.717) is 17.2 Å². The number of benzene rings is 3. The third-order valence-corrected chi connectivity index (χ3v) is 3.95. The van der Waals surface area contributed by atoms with Crippen molar-refractivity contribution in [3.8, 4) is 11.8 Å². The maximum absolute atomic E-state index is 9.45. The van der Waals surface area contributed by atoms with E-state index in [-0.39, 0.29) is 0 Å². The van der Waals surface area contributed by atoms with Crippen LogP contribution in [0.15, 0.2) is 78.9 Å². The average molecular weight is 346 g/mol. The van der Waals surface area contributed by atoms with E-state index >= 15 is 0 Å². The molecule has 0 aliphatic heterocycles. The molecule has 0 radical (unpaired) electrons. The highest BCUT2D eigenvalue weighted by Gasteiger charge is 2.02. The number of hydrogen-bond acceptors (Lipinski definition) is 2. The molecular weight excluding hydrogens is 330 g/mol. The summed E-state index contributed by atoms with van der Waals surface area (Å²) in [4.78, 5) is 0. The van der Waals surface area contributed by atoms with Gasteiger partial charge in [0.15, 0.2) is 0 Å². The van der Waals surface area contributed by atoms with E-state index in [0.717, 1.165) is 22.4 Å². The Labute approximate surface area is 152 Å². The Kier molecular flexibility index (Phi) is 5.51. The molecule has 122 valence electrons. The molecule has 0 aliphatic rings. The van der Waals surface area contributed by atoms with Crippen LogP contribution in [-0.4, -0.2) is 0 Å². The Morgan fingerprint density at radius 1 is 0.960 bits per heavy atom. The van der Waals surface area contributed by atoms with Crippen molar-refractivity contribution < 1.29 is 4.74 Å². The summed E-state index contributed by atoms with van der Waals surface area (Å²) >= 11 is 5.91. The van der Waals surface area contributed by atoms with Crippen molar-refractivity contribution in [3.63, 3.8) is 0 Å². The Morgan fingerprint density at radius 3 is 2.44 bits per heavy atom. The van der Waals surface area contributed by atoms with Gasteiger partial charge in [0, 0.05) is 5.02 Å². The number of halogens is 1. The van der Waals surface area contributed by atoms with Crippen LogP contribution in [0.3, 0.4) is 0 Å².